The van der Waals surface area contributed by atoms with Crippen molar-refractivity contribution in [2.24, 2.45) is 0 Å². The molecule has 0 aliphatic heterocycles. The van der Waals surface area contributed by atoms with Crippen LogP contribution in [0, 0.1) is 17.4 Å². The summed E-state index contributed by atoms with van der Waals surface area (Å²) in [6.45, 7) is 3.95. The monoisotopic (exact) mass is 367 g/mol. The Morgan fingerprint density at radius 2 is 1.89 bits per heavy atom. The van der Waals surface area contributed by atoms with Gasteiger partial charge in [-0.05, 0) is 66.3 Å². The molecule has 0 aliphatic rings. The van der Waals surface area contributed by atoms with Gasteiger partial charge in [-0.25, -0.2) is 0 Å². The number of benzene rings is 2. The van der Waals surface area contributed by atoms with E-state index in [-0.39, 0.29) is 17.2 Å². The molecular formula is C15H14INO2. The SMILES string of the molecule is Cc1ccc(NC(=O)c2cc(I)ccc2O)c(C)c1. The van der Waals surface area contributed by atoms with Gasteiger partial charge in [-0.15, -0.1) is 0 Å². The number of hydrogen-bond donors (Lipinski definition) is 2. The van der Waals surface area contributed by atoms with Crippen LogP contribution in [0.2, 0.25) is 0 Å². The van der Waals surface area contributed by atoms with Gasteiger partial charge >= 0.3 is 0 Å². The van der Waals surface area contributed by atoms with E-state index >= 15 is 0 Å². The zero-order valence-corrected chi connectivity index (χ0v) is 12.9. The maximum absolute atomic E-state index is 12.1. The summed E-state index contributed by atoms with van der Waals surface area (Å²) in [5, 5.41) is 12.6. The Hall–Kier alpha value is -1.56. The lowest BCUT2D eigenvalue weighted by atomic mass is 10.1. The summed E-state index contributed by atoms with van der Waals surface area (Å²) in [5.74, 6) is -0.314. The lowest BCUT2D eigenvalue weighted by Crippen LogP contribution is -2.13. The smallest absolute Gasteiger partial charge is 0.259 e. The number of aryl methyl sites for hydroxylation is 2. The molecule has 1 amide bonds. The summed E-state index contributed by atoms with van der Waals surface area (Å²) in [7, 11) is 0. The normalized spacial score (nSPS) is 10.3. The van der Waals surface area contributed by atoms with Gasteiger partial charge in [0.1, 0.15) is 5.75 Å². The van der Waals surface area contributed by atoms with Crippen molar-refractivity contribution in [2.45, 2.75) is 13.8 Å². The van der Waals surface area contributed by atoms with Crippen molar-refractivity contribution < 1.29 is 9.90 Å². The Morgan fingerprint density at radius 3 is 2.58 bits per heavy atom. The van der Waals surface area contributed by atoms with Crippen LogP contribution in [-0.4, -0.2) is 11.0 Å². The number of halogens is 1. The molecule has 2 aromatic carbocycles. The van der Waals surface area contributed by atoms with Crippen LogP contribution in [0.4, 0.5) is 5.69 Å². The van der Waals surface area contributed by atoms with Crippen molar-refractivity contribution in [3.8, 4) is 5.75 Å². The lowest BCUT2D eigenvalue weighted by Gasteiger charge is -2.10. The second-order valence-corrected chi connectivity index (χ2v) is 5.68. The maximum Gasteiger partial charge on any atom is 0.259 e. The third-order valence-corrected chi connectivity index (χ3v) is 3.50. The number of rotatable bonds is 2. The van der Waals surface area contributed by atoms with Crippen molar-refractivity contribution in [1.29, 1.82) is 0 Å². The number of nitrogens with one attached hydrogen (secondary N) is 1. The van der Waals surface area contributed by atoms with Crippen LogP contribution < -0.4 is 5.32 Å². The van der Waals surface area contributed by atoms with Gasteiger partial charge in [0.25, 0.3) is 5.91 Å². The predicted octanol–water partition coefficient (Wildman–Crippen LogP) is 3.87. The fraction of sp³-hybridized carbons (Fsp3) is 0.133. The molecule has 0 aliphatic carbocycles. The minimum atomic E-state index is -0.303. The van der Waals surface area contributed by atoms with Crippen molar-refractivity contribution in [2.75, 3.05) is 5.32 Å². The fourth-order valence-corrected chi connectivity index (χ4v) is 2.32. The second-order valence-electron chi connectivity index (χ2n) is 4.43. The van der Waals surface area contributed by atoms with Crippen molar-refractivity contribution in [3.05, 3.63) is 56.7 Å². The Balaban J connectivity index is 2.28. The van der Waals surface area contributed by atoms with Crippen LogP contribution in [0.1, 0.15) is 21.5 Å². The predicted molar refractivity (Wildman–Crippen MR) is 84.7 cm³/mol. The number of aromatic hydroxyl groups is 1. The van der Waals surface area contributed by atoms with Crippen LogP contribution in [0.5, 0.6) is 5.75 Å². The van der Waals surface area contributed by atoms with Crippen LogP contribution >= 0.6 is 22.6 Å². The molecule has 0 heterocycles. The van der Waals surface area contributed by atoms with Crippen LogP contribution in [0.3, 0.4) is 0 Å². The molecular weight excluding hydrogens is 353 g/mol. The number of phenolic OH excluding ortho intramolecular Hbond substituents is 1. The first-order chi connectivity index (χ1) is 8.97. The first-order valence-corrected chi connectivity index (χ1v) is 6.92. The third kappa shape index (κ3) is 3.26. The number of amides is 1. The number of anilines is 1. The number of carbonyl (C=O) groups excluding carboxylic acids is 1. The highest BCUT2D eigenvalue weighted by molar-refractivity contribution is 14.1. The standard InChI is InChI=1S/C15H14INO2/c1-9-3-5-13(10(2)7-9)17-15(19)12-8-11(16)4-6-14(12)18/h3-8,18H,1-2H3,(H,17,19). The van der Waals surface area contributed by atoms with Gasteiger partial charge in [0, 0.05) is 9.26 Å². The molecule has 0 aromatic heterocycles. The summed E-state index contributed by atoms with van der Waals surface area (Å²) in [6.07, 6.45) is 0. The molecule has 0 saturated carbocycles. The van der Waals surface area contributed by atoms with Crippen LogP contribution in [-0.2, 0) is 0 Å². The Labute approximate surface area is 125 Å². The highest BCUT2D eigenvalue weighted by atomic mass is 127. The fourth-order valence-electron chi connectivity index (χ4n) is 1.83. The first kappa shape index (κ1) is 13.9. The van der Waals surface area contributed by atoms with E-state index in [0.29, 0.717) is 0 Å². The molecule has 2 N–H and O–H groups in total. The molecule has 2 aromatic rings. The molecule has 98 valence electrons. The third-order valence-electron chi connectivity index (χ3n) is 2.83. The Morgan fingerprint density at radius 1 is 1.16 bits per heavy atom. The maximum atomic E-state index is 12.1. The average molecular weight is 367 g/mol. The van der Waals surface area contributed by atoms with Crippen LogP contribution in [0.25, 0.3) is 0 Å². The zero-order chi connectivity index (χ0) is 14.0. The van der Waals surface area contributed by atoms with E-state index in [0.717, 1.165) is 20.4 Å². The van der Waals surface area contributed by atoms with Crippen molar-refractivity contribution in [1.82, 2.24) is 0 Å². The number of hydrogen-bond acceptors (Lipinski definition) is 2. The molecule has 0 radical (unpaired) electrons. The van der Waals surface area contributed by atoms with E-state index in [1.165, 1.54) is 6.07 Å². The van der Waals surface area contributed by atoms with Gasteiger partial charge in [0.05, 0.1) is 5.56 Å². The zero-order valence-electron chi connectivity index (χ0n) is 10.7. The van der Waals surface area contributed by atoms with E-state index in [2.05, 4.69) is 27.9 Å². The highest BCUT2D eigenvalue weighted by Crippen LogP contribution is 2.22. The largest absolute Gasteiger partial charge is 0.507 e. The van der Waals surface area contributed by atoms with Crippen LogP contribution in [0.15, 0.2) is 36.4 Å². The molecule has 0 atom stereocenters. The Kier molecular flexibility index (Phi) is 4.09. The lowest BCUT2D eigenvalue weighted by molar-refractivity contribution is 0.102. The topological polar surface area (TPSA) is 49.3 Å². The first-order valence-electron chi connectivity index (χ1n) is 5.84. The second kappa shape index (κ2) is 5.61. The van der Waals surface area contributed by atoms with E-state index in [1.807, 2.05) is 32.0 Å². The number of carbonyl (C=O) groups is 1. The summed E-state index contributed by atoms with van der Waals surface area (Å²) in [6, 6.07) is 10.8. The van der Waals surface area contributed by atoms with E-state index < -0.39 is 0 Å². The van der Waals surface area contributed by atoms with E-state index in [9.17, 15) is 9.90 Å². The molecule has 0 fully saturated rings. The number of phenols is 1. The quantitative estimate of drug-likeness (QED) is 0.792. The molecule has 0 saturated heterocycles. The minimum absolute atomic E-state index is 0.0114. The van der Waals surface area contributed by atoms with Gasteiger partial charge in [-0.2, -0.15) is 0 Å². The molecule has 2 rings (SSSR count). The van der Waals surface area contributed by atoms with E-state index in [1.54, 1.807) is 12.1 Å². The summed E-state index contributed by atoms with van der Waals surface area (Å²) >= 11 is 2.11. The van der Waals surface area contributed by atoms with Gasteiger partial charge in [0.2, 0.25) is 0 Å². The van der Waals surface area contributed by atoms with Gasteiger partial charge in [-0.1, -0.05) is 17.7 Å². The molecule has 0 spiro atoms. The molecule has 3 nitrogen and oxygen atoms in total. The molecule has 4 heteroatoms. The molecule has 0 bridgehead atoms. The highest BCUT2D eigenvalue weighted by Gasteiger charge is 2.12. The van der Waals surface area contributed by atoms with Gasteiger partial charge < -0.3 is 10.4 Å². The van der Waals surface area contributed by atoms with E-state index in [4.69, 9.17) is 0 Å². The average Bonchev–Trinajstić information content (AvgIpc) is 2.35. The van der Waals surface area contributed by atoms with Gasteiger partial charge in [-0.3, -0.25) is 4.79 Å². The minimum Gasteiger partial charge on any atom is -0.507 e. The molecule has 0 unspecified atom stereocenters. The summed E-state index contributed by atoms with van der Waals surface area (Å²) in [4.78, 5) is 12.1. The van der Waals surface area contributed by atoms with Gasteiger partial charge in [0.15, 0.2) is 0 Å². The van der Waals surface area contributed by atoms with Crippen molar-refractivity contribution in [3.63, 3.8) is 0 Å². The summed E-state index contributed by atoms with van der Waals surface area (Å²) < 4.78 is 0.904. The molecule has 19 heavy (non-hydrogen) atoms. The Bertz CT molecular complexity index is 638. The van der Waals surface area contributed by atoms with Crippen molar-refractivity contribution >= 4 is 34.2 Å². The summed E-state index contributed by atoms with van der Waals surface area (Å²) in [5.41, 5.74) is 3.19.